The number of hydrogen-bond acceptors (Lipinski definition) is 12. The normalized spacial score (nSPS) is 23.5. The largest absolute Gasteiger partial charge is 0.488 e. The molecule has 1 saturated carbocycles. The van der Waals surface area contributed by atoms with Crippen molar-refractivity contribution in [1.29, 1.82) is 5.26 Å². The van der Waals surface area contributed by atoms with E-state index in [1.807, 2.05) is 36.4 Å². The van der Waals surface area contributed by atoms with Crippen LogP contribution in [0.4, 0.5) is 11.5 Å². The van der Waals surface area contributed by atoms with Gasteiger partial charge in [0.05, 0.1) is 27.8 Å². The molecule has 2 aromatic heterocycles. The molecule has 0 radical (unpaired) electrons. The van der Waals surface area contributed by atoms with Crippen molar-refractivity contribution in [2.75, 3.05) is 55.6 Å². The summed E-state index contributed by atoms with van der Waals surface area (Å²) in [4.78, 5) is 81.4. The Balaban J connectivity index is 0.721. The van der Waals surface area contributed by atoms with Gasteiger partial charge < -0.3 is 19.9 Å². The van der Waals surface area contributed by atoms with Gasteiger partial charge in [0, 0.05) is 86.0 Å². The molecule has 4 aromatic rings. The molecule has 0 spiro atoms. The van der Waals surface area contributed by atoms with Gasteiger partial charge in [-0.1, -0.05) is 27.7 Å². The van der Waals surface area contributed by atoms with Gasteiger partial charge in [-0.2, -0.15) is 5.26 Å². The minimum absolute atomic E-state index is 0.0903. The number of aromatic nitrogens is 2. The quantitative estimate of drug-likeness (QED) is 0.206. The number of rotatable bonds is 10. The summed E-state index contributed by atoms with van der Waals surface area (Å²) < 4.78 is 6.65. The number of anilines is 2. The lowest BCUT2D eigenvalue weighted by Crippen LogP contribution is -2.74. The lowest BCUT2D eigenvalue weighted by atomic mass is 9.49. The van der Waals surface area contributed by atoms with E-state index in [1.54, 1.807) is 30.6 Å². The number of carbonyl (C=O) groups is 5. The number of nitrogens with one attached hydrogen (secondary N) is 2. The number of amides is 5. The summed E-state index contributed by atoms with van der Waals surface area (Å²) in [6.07, 6.45) is 6.64. The zero-order valence-corrected chi connectivity index (χ0v) is 36.2. The number of hydrogen-bond donors (Lipinski definition) is 2. The second-order valence-corrected chi connectivity index (χ2v) is 18.8. The predicted molar refractivity (Wildman–Crippen MR) is 235 cm³/mol. The second-order valence-electron chi connectivity index (χ2n) is 18.8. The van der Waals surface area contributed by atoms with Crippen molar-refractivity contribution < 1.29 is 28.7 Å². The standard InChI is InChI=1S/C48H53N9O6/c1-47(2)45(48(3,4)46(47)63-37-12-7-30(27-49)40-34(37)6-5-18-50-40)53-41(59)31-8-13-38(51-28-31)56-20-16-29(17-21-56)15-19-54-22-24-55(25-23-54)32-9-10-33-35(26-32)44(62)57(43(33)61)36-11-14-39(58)52-42(36)60/h5-10,12-13,18,26,28-29,36,45-46H,11,14-17,19-25H2,1-4H3,(H,53,59)(H,52,58,60)/t36?,45-,46-. The molecule has 9 rings (SSSR count). The van der Waals surface area contributed by atoms with Crippen molar-refractivity contribution in [2.45, 2.75) is 78.0 Å². The molecule has 15 heteroatoms. The summed E-state index contributed by atoms with van der Waals surface area (Å²) >= 11 is 0. The van der Waals surface area contributed by atoms with Crippen LogP contribution in [0.15, 0.2) is 67.0 Å². The minimum atomic E-state index is -0.975. The van der Waals surface area contributed by atoms with Crippen LogP contribution in [0.5, 0.6) is 5.75 Å². The molecule has 1 atom stereocenters. The third kappa shape index (κ3) is 7.64. The van der Waals surface area contributed by atoms with Crippen molar-refractivity contribution in [3.05, 3.63) is 89.2 Å². The van der Waals surface area contributed by atoms with Gasteiger partial charge >= 0.3 is 0 Å². The molecule has 2 aromatic carbocycles. The molecule has 2 N–H and O–H groups in total. The molecule has 0 bridgehead atoms. The molecule has 3 saturated heterocycles. The summed E-state index contributed by atoms with van der Waals surface area (Å²) in [6, 6.07) is 17.6. The van der Waals surface area contributed by atoms with Crippen LogP contribution in [0, 0.1) is 28.1 Å². The number of imide groups is 2. The van der Waals surface area contributed by atoms with Crippen molar-refractivity contribution >= 4 is 51.9 Å². The first-order valence-electron chi connectivity index (χ1n) is 22.0. The smallest absolute Gasteiger partial charge is 0.262 e. The molecule has 4 aliphatic heterocycles. The number of piperazine rings is 1. The Morgan fingerprint density at radius 1 is 0.873 bits per heavy atom. The van der Waals surface area contributed by atoms with Gasteiger partial charge in [0.1, 0.15) is 29.8 Å². The van der Waals surface area contributed by atoms with Gasteiger partial charge in [0.15, 0.2) is 0 Å². The lowest BCUT2D eigenvalue weighted by molar-refractivity contribution is -0.163. The molecule has 326 valence electrons. The van der Waals surface area contributed by atoms with Crippen molar-refractivity contribution in [3.8, 4) is 11.8 Å². The highest BCUT2D eigenvalue weighted by atomic mass is 16.5. The van der Waals surface area contributed by atoms with E-state index in [0.717, 1.165) is 86.9 Å². The Hall–Kier alpha value is -6.40. The average Bonchev–Trinajstić information content (AvgIpc) is 3.54. The maximum absolute atomic E-state index is 13.6. The molecule has 6 heterocycles. The molecule has 63 heavy (non-hydrogen) atoms. The fourth-order valence-corrected chi connectivity index (χ4v) is 10.9. The van der Waals surface area contributed by atoms with E-state index in [-0.39, 0.29) is 41.7 Å². The van der Waals surface area contributed by atoms with E-state index in [9.17, 15) is 29.2 Å². The first-order chi connectivity index (χ1) is 30.2. The minimum Gasteiger partial charge on any atom is -0.488 e. The van der Waals surface area contributed by atoms with Crippen LogP contribution in [-0.4, -0.2) is 113 Å². The highest BCUT2D eigenvalue weighted by Crippen LogP contribution is 2.56. The Bertz CT molecular complexity index is 2520. The van der Waals surface area contributed by atoms with Gasteiger partial charge in [-0.15, -0.1) is 0 Å². The molecule has 5 aliphatic rings. The molecular weight excluding hydrogens is 799 g/mol. The van der Waals surface area contributed by atoms with E-state index in [2.05, 4.69) is 64.1 Å². The first-order valence-corrected chi connectivity index (χ1v) is 22.0. The third-order valence-corrected chi connectivity index (χ3v) is 14.2. The summed E-state index contributed by atoms with van der Waals surface area (Å²) in [7, 11) is 0. The van der Waals surface area contributed by atoms with Crippen molar-refractivity contribution in [1.82, 2.24) is 30.4 Å². The number of fused-ring (bicyclic) bond motifs is 2. The Morgan fingerprint density at radius 3 is 2.32 bits per heavy atom. The number of pyridine rings is 2. The van der Waals surface area contributed by atoms with Crippen LogP contribution < -0.4 is 25.2 Å². The monoisotopic (exact) mass is 851 g/mol. The zero-order valence-electron chi connectivity index (χ0n) is 36.2. The molecule has 15 nitrogen and oxygen atoms in total. The average molecular weight is 852 g/mol. The summed E-state index contributed by atoms with van der Waals surface area (Å²) in [5, 5.41) is 15.9. The predicted octanol–water partition coefficient (Wildman–Crippen LogP) is 4.94. The topological polar surface area (TPSA) is 181 Å². The van der Waals surface area contributed by atoms with Gasteiger partial charge in [0.2, 0.25) is 11.8 Å². The first kappa shape index (κ1) is 41.9. The van der Waals surface area contributed by atoms with Gasteiger partial charge in [-0.3, -0.25) is 44.1 Å². The zero-order chi connectivity index (χ0) is 44.2. The van der Waals surface area contributed by atoms with Gasteiger partial charge in [0.25, 0.3) is 17.7 Å². The van der Waals surface area contributed by atoms with Crippen molar-refractivity contribution in [3.63, 3.8) is 0 Å². The summed E-state index contributed by atoms with van der Waals surface area (Å²) in [5.41, 5.74) is 2.35. The van der Waals surface area contributed by atoms with Crippen molar-refractivity contribution in [2.24, 2.45) is 16.7 Å². The van der Waals surface area contributed by atoms with E-state index >= 15 is 0 Å². The number of piperidine rings is 2. The SMILES string of the molecule is CC1(C)[C@H](NC(=O)c2ccc(N3CCC(CCN4CCN(c5ccc6c(c5)C(=O)N(C5CCC(=O)NC5=O)C6=O)CC4)CC3)nc2)C(C)(C)[C@H]1Oc1ccc(C#N)c2ncccc12. The molecular formula is C48H53N9O6. The number of carbonyl (C=O) groups excluding carboxylic acids is 5. The van der Waals surface area contributed by atoms with Crippen LogP contribution in [0.2, 0.25) is 0 Å². The molecule has 1 unspecified atom stereocenters. The number of benzene rings is 2. The van der Waals surface area contributed by atoms with E-state index in [1.165, 1.54) is 0 Å². The highest BCUT2D eigenvalue weighted by molar-refractivity contribution is 6.23. The van der Waals surface area contributed by atoms with Gasteiger partial charge in [-0.25, -0.2) is 4.98 Å². The molecule has 5 amide bonds. The van der Waals surface area contributed by atoms with Crippen LogP contribution in [-0.2, 0) is 9.59 Å². The maximum atomic E-state index is 13.6. The Morgan fingerprint density at radius 2 is 1.62 bits per heavy atom. The van der Waals surface area contributed by atoms with E-state index in [0.29, 0.717) is 39.4 Å². The fraction of sp³-hybridized carbons (Fsp3) is 0.458. The highest BCUT2D eigenvalue weighted by Gasteiger charge is 2.64. The Labute approximate surface area is 366 Å². The fourth-order valence-electron chi connectivity index (χ4n) is 10.9. The Kier molecular flexibility index (Phi) is 10.9. The number of ether oxygens (including phenoxy) is 1. The second kappa shape index (κ2) is 16.4. The van der Waals surface area contributed by atoms with Crippen LogP contribution in [0.1, 0.15) is 96.4 Å². The van der Waals surface area contributed by atoms with Crippen LogP contribution in [0.25, 0.3) is 10.9 Å². The van der Waals surface area contributed by atoms with Crippen LogP contribution >= 0.6 is 0 Å². The number of nitrogens with zero attached hydrogens (tertiary/aromatic N) is 7. The van der Waals surface area contributed by atoms with Gasteiger partial charge in [-0.05, 0) is 92.7 Å². The maximum Gasteiger partial charge on any atom is 0.262 e. The van der Waals surface area contributed by atoms with Crippen LogP contribution in [0.3, 0.4) is 0 Å². The third-order valence-electron chi connectivity index (χ3n) is 14.2. The summed E-state index contributed by atoms with van der Waals surface area (Å²) in [5.74, 6) is 0.0269. The van der Waals surface area contributed by atoms with E-state index < -0.39 is 29.7 Å². The molecule has 1 aliphatic carbocycles. The number of nitriles is 1. The molecule has 4 fully saturated rings. The van der Waals surface area contributed by atoms with E-state index in [4.69, 9.17) is 9.72 Å². The lowest BCUT2D eigenvalue weighted by Gasteiger charge is -2.63. The summed E-state index contributed by atoms with van der Waals surface area (Å²) in [6.45, 7) is 14.7.